The Balaban J connectivity index is 1.44. The van der Waals surface area contributed by atoms with E-state index in [2.05, 4.69) is 16.9 Å². The van der Waals surface area contributed by atoms with E-state index in [4.69, 9.17) is 24.0 Å². The van der Waals surface area contributed by atoms with Gasteiger partial charge in [0.2, 0.25) is 4.80 Å². The second-order valence-corrected chi connectivity index (χ2v) is 10.1. The van der Waals surface area contributed by atoms with E-state index in [1.165, 1.54) is 18.4 Å². The van der Waals surface area contributed by atoms with Gasteiger partial charge in [0, 0.05) is 10.9 Å². The number of methoxy groups -OCH3 is 2. The molecule has 42 heavy (non-hydrogen) atoms. The molecule has 5 rings (SSSR count). The maximum absolute atomic E-state index is 12.7. The number of rotatable bonds is 9. The third-order valence-corrected chi connectivity index (χ3v) is 6.97. The minimum absolute atomic E-state index is 0.0119. The predicted octanol–water partition coefficient (Wildman–Crippen LogP) is 5.14. The molecule has 0 radical (unpaired) electrons. The van der Waals surface area contributed by atoms with Crippen LogP contribution < -0.4 is 29.1 Å². The molecule has 3 aromatic carbocycles. The summed E-state index contributed by atoms with van der Waals surface area (Å²) in [5.74, 6) is 1.16. The zero-order chi connectivity index (χ0) is 29.6. The number of hydrogen-bond donors (Lipinski definition) is 1. The molecule has 1 aliphatic rings. The fourth-order valence-electron chi connectivity index (χ4n) is 4.02. The first-order valence-corrected chi connectivity index (χ1v) is 13.7. The van der Waals surface area contributed by atoms with Crippen LogP contribution in [0.3, 0.4) is 0 Å². The quantitative estimate of drug-likeness (QED) is 0.126. The Kier molecular flexibility index (Phi) is 8.49. The number of amides is 1. The van der Waals surface area contributed by atoms with Crippen molar-refractivity contribution in [3.8, 4) is 34.3 Å². The molecule has 0 aliphatic carbocycles. The third kappa shape index (κ3) is 6.42. The second kappa shape index (κ2) is 12.6. The molecular weight excluding hydrogens is 556 g/mol. The van der Waals surface area contributed by atoms with E-state index in [-0.39, 0.29) is 18.3 Å². The number of benzene rings is 3. The van der Waals surface area contributed by atoms with E-state index >= 15 is 0 Å². The van der Waals surface area contributed by atoms with E-state index in [1.54, 1.807) is 60.5 Å². The van der Waals surface area contributed by atoms with E-state index in [0.29, 0.717) is 45.4 Å². The molecule has 1 N–H and O–H groups in total. The van der Waals surface area contributed by atoms with Gasteiger partial charge in [0.15, 0.2) is 18.1 Å². The fourth-order valence-corrected chi connectivity index (χ4v) is 4.86. The highest BCUT2D eigenvalue weighted by Gasteiger charge is 2.18. The van der Waals surface area contributed by atoms with Gasteiger partial charge in [-0.25, -0.2) is 9.47 Å². The highest BCUT2D eigenvalue weighted by atomic mass is 32.1. The fraction of sp³-hybridized carbons (Fsp3) is 0.161. The van der Waals surface area contributed by atoms with Gasteiger partial charge in [0.1, 0.15) is 11.5 Å². The lowest BCUT2D eigenvalue weighted by Gasteiger charge is -2.18. The van der Waals surface area contributed by atoms with E-state index in [9.17, 15) is 9.59 Å². The highest BCUT2D eigenvalue weighted by molar-refractivity contribution is 7.07. The number of nitrogens with zero attached hydrogens (tertiary/aromatic N) is 3. The lowest BCUT2D eigenvalue weighted by atomic mass is 10.1. The Labute approximate surface area is 246 Å². The van der Waals surface area contributed by atoms with Crippen LogP contribution in [0.1, 0.15) is 22.8 Å². The standard InChI is InChI=1S/C31H28N4O6S/c1-19(2)15-32-31-35(25(18-42-31)22-8-12-26-24(14-22)34-29(36)17-40-26)33-16-20-5-11-27(28(13-20)39-4)41-30(37)21-6-9-23(38-3)10-7-21/h5-14,16,18H,1,15,17H2,2-4H3,(H,34,36). The Morgan fingerprint density at radius 3 is 2.64 bits per heavy atom. The Hall–Kier alpha value is -5.16. The largest absolute Gasteiger partial charge is 0.497 e. The monoisotopic (exact) mass is 584 g/mol. The molecular formula is C31H28N4O6S. The Morgan fingerprint density at radius 2 is 1.90 bits per heavy atom. The van der Waals surface area contributed by atoms with E-state index < -0.39 is 5.97 Å². The van der Waals surface area contributed by atoms with Crippen LogP contribution in [0.2, 0.25) is 0 Å². The van der Waals surface area contributed by atoms with Gasteiger partial charge in [-0.15, -0.1) is 11.3 Å². The lowest BCUT2D eigenvalue weighted by molar-refractivity contribution is -0.118. The molecule has 4 aromatic rings. The van der Waals surface area contributed by atoms with Gasteiger partial charge >= 0.3 is 5.97 Å². The summed E-state index contributed by atoms with van der Waals surface area (Å²) < 4.78 is 23.5. The van der Waals surface area contributed by atoms with Crippen LogP contribution in [0.4, 0.5) is 5.69 Å². The van der Waals surface area contributed by atoms with Crippen molar-refractivity contribution in [3.05, 3.63) is 94.1 Å². The van der Waals surface area contributed by atoms with Gasteiger partial charge in [0.25, 0.3) is 5.91 Å². The van der Waals surface area contributed by atoms with Crippen molar-refractivity contribution in [2.45, 2.75) is 6.92 Å². The highest BCUT2D eigenvalue weighted by Crippen LogP contribution is 2.33. The number of carbonyl (C=O) groups excluding carboxylic acids is 2. The molecule has 0 spiro atoms. The normalized spacial score (nSPS) is 12.8. The number of ether oxygens (including phenoxy) is 4. The van der Waals surface area contributed by atoms with Crippen LogP contribution >= 0.6 is 11.3 Å². The van der Waals surface area contributed by atoms with E-state index in [1.807, 2.05) is 30.5 Å². The zero-order valence-corrected chi connectivity index (χ0v) is 24.1. The average Bonchev–Trinajstić information content (AvgIpc) is 3.41. The number of hydrogen-bond acceptors (Lipinski definition) is 9. The summed E-state index contributed by atoms with van der Waals surface area (Å²) in [7, 11) is 3.06. The SMILES string of the molecule is C=C(C)CN=c1scc(-c2ccc3c(c2)NC(=O)CO3)n1N=Cc1ccc(OC(=O)c2ccc(OC)cc2)c(OC)c1. The maximum atomic E-state index is 12.7. The van der Waals surface area contributed by atoms with E-state index in [0.717, 1.165) is 16.8 Å². The number of nitrogens with one attached hydrogen (secondary N) is 1. The molecule has 0 atom stereocenters. The molecule has 2 heterocycles. The molecule has 11 heteroatoms. The predicted molar refractivity (Wildman–Crippen MR) is 161 cm³/mol. The van der Waals surface area contributed by atoms with Gasteiger partial charge in [-0.1, -0.05) is 12.2 Å². The minimum atomic E-state index is -0.522. The molecule has 1 aromatic heterocycles. The summed E-state index contributed by atoms with van der Waals surface area (Å²) in [5, 5.41) is 9.52. The first kappa shape index (κ1) is 28.4. The first-order valence-electron chi connectivity index (χ1n) is 12.9. The summed E-state index contributed by atoms with van der Waals surface area (Å²) >= 11 is 1.44. The van der Waals surface area contributed by atoms with Crippen LogP contribution in [0.15, 0.2) is 88.3 Å². The Bertz CT molecular complexity index is 1750. The number of thiazole rings is 1. The van der Waals surface area contributed by atoms with Crippen LogP contribution in [-0.4, -0.2) is 50.1 Å². The summed E-state index contributed by atoms with van der Waals surface area (Å²) in [6.07, 6.45) is 1.66. The minimum Gasteiger partial charge on any atom is -0.497 e. The number of fused-ring (bicyclic) bond motifs is 1. The van der Waals surface area contributed by atoms with Crippen molar-refractivity contribution < 1.29 is 28.5 Å². The summed E-state index contributed by atoms with van der Waals surface area (Å²) in [5.41, 5.74) is 4.19. The molecule has 0 saturated heterocycles. The number of esters is 1. The van der Waals surface area contributed by atoms with Crippen LogP contribution in [0.25, 0.3) is 11.3 Å². The molecule has 0 bridgehead atoms. The average molecular weight is 585 g/mol. The topological polar surface area (TPSA) is 113 Å². The molecule has 0 fully saturated rings. The van der Waals surface area contributed by atoms with Crippen molar-refractivity contribution in [2.75, 3.05) is 32.7 Å². The summed E-state index contributed by atoms with van der Waals surface area (Å²) in [6.45, 7) is 6.29. The van der Waals surface area contributed by atoms with Gasteiger partial charge in [-0.3, -0.25) is 9.79 Å². The summed E-state index contributed by atoms with van der Waals surface area (Å²) in [4.78, 5) is 29.9. The van der Waals surface area contributed by atoms with Gasteiger partial charge < -0.3 is 24.3 Å². The van der Waals surface area contributed by atoms with Gasteiger partial charge in [0.05, 0.1) is 43.9 Å². The summed E-state index contributed by atoms with van der Waals surface area (Å²) in [6, 6.07) is 17.4. The maximum Gasteiger partial charge on any atom is 0.343 e. The van der Waals surface area contributed by atoms with Crippen molar-refractivity contribution in [2.24, 2.45) is 10.1 Å². The smallest absolute Gasteiger partial charge is 0.343 e. The number of aromatic nitrogens is 1. The zero-order valence-electron chi connectivity index (χ0n) is 23.2. The lowest BCUT2D eigenvalue weighted by Crippen LogP contribution is -2.25. The molecule has 1 aliphatic heterocycles. The van der Waals surface area contributed by atoms with Gasteiger partial charge in [-0.2, -0.15) is 5.10 Å². The number of anilines is 1. The molecule has 0 unspecified atom stereocenters. The van der Waals surface area contributed by atoms with Crippen LogP contribution in [0, 0.1) is 0 Å². The van der Waals surface area contributed by atoms with Crippen LogP contribution in [0.5, 0.6) is 23.0 Å². The van der Waals surface area contributed by atoms with Crippen LogP contribution in [-0.2, 0) is 4.79 Å². The molecule has 0 saturated carbocycles. The van der Waals surface area contributed by atoms with Gasteiger partial charge in [-0.05, 0) is 73.2 Å². The molecule has 214 valence electrons. The molecule has 10 nitrogen and oxygen atoms in total. The Morgan fingerprint density at radius 1 is 1.10 bits per heavy atom. The molecule has 1 amide bonds. The van der Waals surface area contributed by atoms with Crippen molar-refractivity contribution in [1.82, 2.24) is 4.68 Å². The second-order valence-electron chi connectivity index (χ2n) is 9.31. The van der Waals surface area contributed by atoms with Crippen molar-refractivity contribution >= 4 is 35.1 Å². The number of carbonyl (C=O) groups is 2. The van der Waals surface area contributed by atoms with Crippen molar-refractivity contribution in [1.29, 1.82) is 0 Å². The first-order chi connectivity index (χ1) is 20.3. The van der Waals surface area contributed by atoms with Crippen molar-refractivity contribution in [3.63, 3.8) is 0 Å². The third-order valence-electron chi connectivity index (χ3n) is 6.12.